The van der Waals surface area contributed by atoms with Crippen LogP contribution in [0.2, 0.25) is 0 Å². The van der Waals surface area contributed by atoms with Gasteiger partial charge in [0.05, 0.1) is 30.5 Å². The van der Waals surface area contributed by atoms with Gasteiger partial charge in [0.15, 0.2) is 0 Å². The number of ether oxygens (including phenoxy) is 2. The lowest BCUT2D eigenvalue weighted by Gasteiger charge is -2.22. The summed E-state index contributed by atoms with van der Waals surface area (Å²) in [5.74, 6) is -0.273. The Hall–Kier alpha value is -0.950. The number of cyclic esters (lactones) is 1. The van der Waals surface area contributed by atoms with Gasteiger partial charge in [0, 0.05) is 12.0 Å². The molecule has 0 bridgehead atoms. The van der Waals surface area contributed by atoms with E-state index in [1.165, 1.54) is 96.3 Å². The van der Waals surface area contributed by atoms with E-state index >= 15 is 0 Å². The highest BCUT2D eigenvalue weighted by Crippen LogP contribution is 2.28. The fraction of sp³-hybridized carbons (Fsp3) is 0.919. The molecular weight excluding hydrogens is 540 g/mol. The Morgan fingerprint density at radius 3 is 1.44 bits per heavy atom. The third-order valence-electron chi connectivity index (χ3n) is 9.53. The van der Waals surface area contributed by atoms with Gasteiger partial charge in [0.1, 0.15) is 6.10 Å². The molecule has 2 aliphatic rings. The number of aliphatic hydroxyl groups excluding tert-OH is 3. The van der Waals surface area contributed by atoms with Crippen LogP contribution in [-0.4, -0.2) is 57.9 Å². The maximum absolute atomic E-state index is 11.6. The summed E-state index contributed by atoms with van der Waals surface area (Å²) in [4.78, 5) is 11.6. The van der Waals surface area contributed by atoms with Crippen molar-refractivity contribution in [3.05, 3.63) is 11.6 Å². The van der Waals surface area contributed by atoms with Crippen LogP contribution in [0.25, 0.3) is 0 Å². The zero-order valence-electron chi connectivity index (χ0n) is 28.0. The summed E-state index contributed by atoms with van der Waals surface area (Å²) in [6, 6.07) is 0. The topological polar surface area (TPSA) is 96.2 Å². The lowest BCUT2D eigenvalue weighted by molar-refractivity contribution is -0.139. The Kier molecular flexibility index (Phi) is 21.6. The van der Waals surface area contributed by atoms with E-state index in [9.17, 15) is 20.1 Å². The van der Waals surface area contributed by atoms with Gasteiger partial charge < -0.3 is 24.8 Å². The minimum absolute atomic E-state index is 0.0949. The molecular formula is C37H68O6. The van der Waals surface area contributed by atoms with Gasteiger partial charge in [0.25, 0.3) is 0 Å². The predicted octanol–water partition coefficient (Wildman–Crippen LogP) is 8.87. The third-order valence-corrected chi connectivity index (χ3v) is 9.53. The molecule has 252 valence electrons. The molecule has 0 aromatic carbocycles. The molecule has 0 radical (unpaired) electrons. The summed E-state index contributed by atoms with van der Waals surface area (Å²) in [7, 11) is 0. The minimum atomic E-state index is -0.449. The van der Waals surface area contributed by atoms with Crippen LogP contribution in [0, 0.1) is 0 Å². The zero-order chi connectivity index (χ0) is 31.1. The molecule has 1 unspecified atom stereocenters. The third kappa shape index (κ3) is 18.0. The predicted molar refractivity (Wildman–Crippen MR) is 176 cm³/mol. The Morgan fingerprint density at radius 1 is 0.651 bits per heavy atom. The van der Waals surface area contributed by atoms with Gasteiger partial charge in [-0.3, -0.25) is 0 Å². The molecule has 3 N–H and O–H groups in total. The van der Waals surface area contributed by atoms with Gasteiger partial charge in [-0.2, -0.15) is 0 Å². The summed E-state index contributed by atoms with van der Waals surface area (Å²) >= 11 is 0. The molecule has 0 aliphatic carbocycles. The van der Waals surface area contributed by atoms with E-state index in [4.69, 9.17) is 9.47 Å². The summed E-state index contributed by atoms with van der Waals surface area (Å²) in [5.41, 5.74) is 0.625. The first-order chi connectivity index (χ1) is 20.9. The summed E-state index contributed by atoms with van der Waals surface area (Å²) in [6.07, 6.45) is 29.6. The van der Waals surface area contributed by atoms with E-state index in [1.54, 1.807) is 0 Å². The summed E-state index contributed by atoms with van der Waals surface area (Å²) in [6.45, 7) is 4.11. The highest BCUT2D eigenvalue weighted by Gasteiger charge is 2.34. The number of carbonyl (C=O) groups excluding carboxylic acids is 1. The fourth-order valence-electron chi connectivity index (χ4n) is 6.75. The number of aliphatic hydroxyl groups is 3. The van der Waals surface area contributed by atoms with Gasteiger partial charge >= 0.3 is 5.97 Å². The highest BCUT2D eigenvalue weighted by atomic mass is 16.5. The van der Waals surface area contributed by atoms with Crippen LogP contribution in [0.3, 0.4) is 0 Å². The van der Waals surface area contributed by atoms with E-state index in [0.717, 1.165) is 64.2 Å². The maximum Gasteiger partial charge on any atom is 0.334 e. The molecule has 43 heavy (non-hydrogen) atoms. The second-order valence-electron chi connectivity index (χ2n) is 13.7. The quantitative estimate of drug-likeness (QED) is 0.0606. The zero-order valence-corrected chi connectivity index (χ0v) is 28.0. The van der Waals surface area contributed by atoms with Crippen molar-refractivity contribution in [3.63, 3.8) is 0 Å². The van der Waals surface area contributed by atoms with Crippen molar-refractivity contribution in [1.82, 2.24) is 0 Å². The number of hydrogen-bond acceptors (Lipinski definition) is 6. The van der Waals surface area contributed by atoms with Crippen LogP contribution in [0.4, 0.5) is 0 Å². The van der Waals surface area contributed by atoms with Crippen molar-refractivity contribution < 1.29 is 29.6 Å². The van der Waals surface area contributed by atoms with E-state index in [2.05, 4.69) is 6.92 Å². The second-order valence-corrected chi connectivity index (χ2v) is 13.7. The Morgan fingerprint density at radius 2 is 1.05 bits per heavy atom. The first kappa shape index (κ1) is 38.2. The molecule has 0 aromatic heterocycles. The Balaban J connectivity index is 1.34. The van der Waals surface area contributed by atoms with Crippen LogP contribution in [0.15, 0.2) is 11.6 Å². The summed E-state index contributed by atoms with van der Waals surface area (Å²) in [5, 5.41) is 31.4. The van der Waals surface area contributed by atoms with Crippen LogP contribution >= 0.6 is 0 Å². The molecule has 1 saturated heterocycles. The molecule has 0 amide bonds. The number of unbranched alkanes of at least 4 members (excludes halogenated alkanes) is 18. The van der Waals surface area contributed by atoms with Crippen LogP contribution < -0.4 is 0 Å². The normalized spacial score (nSPS) is 22.5. The average Bonchev–Trinajstić information content (AvgIpc) is 3.60. The molecule has 6 heteroatoms. The van der Waals surface area contributed by atoms with Crippen molar-refractivity contribution in [2.24, 2.45) is 0 Å². The van der Waals surface area contributed by atoms with Gasteiger partial charge in [0.2, 0.25) is 0 Å². The largest absolute Gasteiger partial charge is 0.455 e. The monoisotopic (exact) mass is 609 g/mol. The van der Waals surface area contributed by atoms with E-state index < -0.39 is 12.2 Å². The lowest BCUT2D eigenvalue weighted by Crippen LogP contribution is -2.31. The Labute approximate surface area is 264 Å². The molecule has 6 nitrogen and oxygen atoms in total. The molecule has 2 rings (SSSR count). The number of rotatable bonds is 28. The lowest BCUT2D eigenvalue weighted by atomic mass is 10.00. The number of hydrogen-bond donors (Lipinski definition) is 3. The fourth-order valence-corrected chi connectivity index (χ4v) is 6.75. The van der Waals surface area contributed by atoms with Crippen molar-refractivity contribution in [2.45, 2.75) is 217 Å². The van der Waals surface area contributed by atoms with E-state index in [-0.39, 0.29) is 30.4 Å². The average molecular weight is 609 g/mol. The number of carbonyl (C=O) groups is 1. The molecule has 0 saturated carbocycles. The van der Waals surface area contributed by atoms with Gasteiger partial charge in [-0.05, 0) is 45.1 Å². The molecule has 2 aliphatic heterocycles. The molecule has 0 aromatic rings. The van der Waals surface area contributed by atoms with Crippen molar-refractivity contribution in [3.8, 4) is 0 Å². The first-order valence-corrected chi connectivity index (χ1v) is 18.5. The molecule has 0 spiro atoms. The molecule has 1 fully saturated rings. The van der Waals surface area contributed by atoms with Crippen LogP contribution in [0.1, 0.15) is 181 Å². The van der Waals surface area contributed by atoms with Crippen LogP contribution in [0.5, 0.6) is 0 Å². The van der Waals surface area contributed by atoms with Crippen molar-refractivity contribution in [2.75, 3.05) is 0 Å². The standard InChI is InChI=1S/C37H68O6/c1-3-4-5-6-7-8-12-15-18-21-24-33(39)35-26-27-36(43-35)34(40)25-22-19-16-13-10-9-11-14-17-20-23-32(38)29-31-28-30(2)42-37(31)41/h28,30,32-36,38-40H,3-27,29H2,1-2H3/t30-,32?,33-,34+,35+,36+/m0/s1. The van der Waals surface area contributed by atoms with Gasteiger partial charge in [-0.15, -0.1) is 0 Å². The summed E-state index contributed by atoms with van der Waals surface area (Å²) < 4.78 is 11.2. The Bertz CT molecular complexity index is 724. The van der Waals surface area contributed by atoms with Crippen molar-refractivity contribution in [1.29, 1.82) is 0 Å². The smallest absolute Gasteiger partial charge is 0.334 e. The molecule has 2 heterocycles. The van der Waals surface area contributed by atoms with Crippen LogP contribution in [-0.2, 0) is 14.3 Å². The van der Waals surface area contributed by atoms with Gasteiger partial charge in [-0.25, -0.2) is 4.79 Å². The van der Waals surface area contributed by atoms with Gasteiger partial charge in [-0.1, -0.05) is 135 Å². The SMILES string of the molecule is CCCCCCCCCCCC[C@H](O)[C@H]1CC[C@H]([C@H](O)CCCCCCCCCCCCC(O)CC2=C[C@H](C)OC2=O)O1. The first-order valence-electron chi connectivity index (χ1n) is 18.5. The van der Waals surface area contributed by atoms with E-state index in [1.807, 2.05) is 13.0 Å². The minimum Gasteiger partial charge on any atom is -0.455 e. The molecule has 6 atom stereocenters. The second kappa shape index (κ2) is 24.3. The highest BCUT2D eigenvalue weighted by molar-refractivity contribution is 5.90. The maximum atomic E-state index is 11.6. The van der Waals surface area contributed by atoms with Crippen molar-refractivity contribution >= 4 is 5.97 Å². The number of esters is 1. The van der Waals surface area contributed by atoms with E-state index in [0.29, 0.717) is 12.0 Å².